The van der Waals surface area contributed by atoms with Crippen LogP contribution in [0.3, 0.4) is 0 Å². The van der Waals surface area contributed by atoms with Crippen LogP contribution in [0.4, 0.5) is 14.5 Å². The molecule has 4 heterocycles. The third-order valence-corrected chi connectivity index (χ3v) is 6.88. The van der Waals surface area contributed by atoms with Crippen LogP contribution < -0.4 is 5.32 Å². The Bertz CT molecular complexity index is 1730. The number of nitrogens with zero attached hydrogens (tertiary/aromatic N) is 8. The molecule has 0 unspecified atom stereocenters. The molecular weight excluding hydrogens is 548 g/mol. The van der Waals surface area contributed by atoms with Gasteiger partial charge in [0.2, 0.25) is 11.8 Å². The number of pyridine rings is 1. The van der Waals surface area contributed by atoms with Gasteiger partial charge in [-0.25, -0.2) is 4.98 Å². The lowest BCUT2D eigenvalue weighted by Gasteiger charge is -2.38. The second-order valence-corrected chi connectivity index (χ2v) is 9.70. The Morgan fingerprint density at radius 3 is 2.50 bits per heavy atom. The van der Waals surface area contributed by atoms with Crippen molar-refractivity contribution in [3.05, 3.63) is 83.9 Å². The lowest BCUT2D eigenvalue weighted by Crippen LogP contribution is -2.50. The number of hydrogen-bond acceptors (Lipinski definition) is 9. The van der Waals surface area contributed by atoms with Gasteiger partial charge in [0.05, 0.1) is 6.04 Å². The highest BCUT2D eigenvalue weighted by molar-refractivity contribution is 5.94. The molecule has 1 fully saturated rings. The molecule has 1 saturated heterocycles. The number of alkyl halides is 2. The molecule has 0 radical (unpaired) electrons. The summed E-state index contributed by atoms with van der Waals surface area (Å²) in [7, 11) is 0. The summed E-state index contributed by atoms with van der Waals surface area (Å²) in [5.41, 5.74) is 3.36. The molecule has 214 valence electrons. The van der Waals surface area contributed by atoms with Gasteiger partial charge < -0.3 is 14.6 Å². The maximum Gasteiger partial charge on any atom is 0.350 e. The van der Waals surface area contributed by atoms with E-state index in [1.807, 2.05) is 35.2 Å². The highest BCUT2D eigenvalue weighted by Crippen LogP contribution is 2.29. The van der Waals surface area contributed by atoms with E-state index in [4.69, 9.17) is 4.42 Å². The second-order valence-electron chi connectivity index (χ2n) is 9.70. The number of benzene rings is 2. The number of oxazole rings is 1. The van der Waals surface area contributed by atoms with Crippen LogP contribution in [-0.2, 0) is 4.79 Å². The van der Waals surface area contributed by atoms with E-state index in [2.05, 4.69) is 30.7 Å². The first-order valence-electron chi connectivity index (χ1n) is 13.2. The van der Waals surface area contributed by atoms with Crippen molar-refractivity contribution in [2.45, 2.75) is 19.5 Å². The number of tetrazole rings is 1. The minimum absolute atomic E-state index is 0.165. The van der Waals surface area contributed by atoms with Crippen LogP contribution in [0.15, 0.2) is 71.3 Å². The number of halogens is 2. The molecule has 12 nitrogen and oxygen atoms in total. The summed E-state index contributed by atoms with van der Waals surface area (Å²) < 4.78 is 32.2. The smallest absolute Gasteiger partial charge is 0.350 e. The fraction of sp³-hybridized carbons (Fsp3) is 0.250. The molecular formula is C28H25F2N9O3. The van der Waals surface area contributed by atoms with Crippen LogP contribution in [0.25, 0.3) is 22.6 Å². The van der Waals surface area contributed by atoms with E-state index >= 15 is 0 Å². The molecule has 0 aliphatic carbocycles. The topological polar surface area (TPSA) is 135 Å². The van der Waals surface area contributed by atoms with Gasteiger partial charge in [-0.05, 0) is 41.1 Å². The Morgan fingerprint density at radius 1 is 1.00 bits per heavy atom. The molecule has 2 amide bonds. The van der Waals surface area contributed by atoms with Crippen LogP contribution in [0, 0.1) is 0 Å². The van der Waals surface area contributed by atoms with E-state index in [9.17, 15) is 18.4 Å². The lowest BCUT2D eigenvalue weighted by atomic mass is 10.0. The number of piperazine rings is 1. The highest BCUT2D eigenvalue weighted by Gasteiger charge is 2.32. The Hall–Kier alpha value is -5.11. The summed E-state index contributed by atoms with van der Waals surface area (Å²) in [5.74, 6) is 0.0426. The molecule has 0 spiro atoms. The van der Waals surface area contributed by atoms with Crippen molar-refractivity contribution in [1.82, 2.24) is 40.0 Å². The van der Waals surface area contributed by atoms with Gasteiger partial charge in [-0.1, -0.05) is 35.1 Å². The molecule has 0 saturated carbocycles. The van der Waals surface area contributed by atoms with Crippen LogP contribution >= 0.6 is 0 Å². The summed E-state index contributed by atoms with van der Waals surface area (Å²) in [5, 5.41) is 14.0. The number of anilines is 1. The van der Waals surface area contributed by atoms with Gasteiger partial charge in [-0.3, -0.25) is 19.5 Å². The number of nitrogens with one attached hydrogen (secondary N) is 1. The Balaban J connectivity index is 1.18. The monoisotopic (exact) mass is 573 g/mol. The second kappa shape index (κ2) is 11.4. The number of carbonyl (C=O) groups excluding carboxylic acids is 2. The maximum absolute atomic E-state index is 13.4. The zero-order valence-electron chi connectivity index (χ0n) is 22.4. The summed E-state index contributed by atoms with van der Waals surface area (Å²) in [6.45, 7) is 0.204. The first-order valence-corrected chi connectivity index (χ1v) is 13.2. The minimum atomic E-state index is -2.89. The molecule has 1 atom stereocenters. The molecule has 6 rings (SSSR count). The van der Waals surface area contributed by atoms with Gasteiger partial charge in [0.25, 0.3) is 5.91 Å². The van der Waals surface area contributed by atoms with E-state index in [-0.39, 0.29) is 23.3 Å². The number of rotatable bonds is 7. The summed E-state index contributed by atoms with van der Waals surface area (Å²) in [6, 6.07) is 17.3. The van der Waals surface area contributed by atoms with Crippen molar-refractivity contribution < 1.29 is 22.8 Å². The number of aromatic nitrogens is 6. The van der Waals surface area contributed by atoms with Crippen molar-refractivity contribution in [2.75, 3.05) is 31.5 Å². The van der Waals surface area contributed by atoms with Crippen molar-refractivity contribution in [3.8, 4) is 11.5 Å². The van der Waals surface area contributed by atoms with Gasteiger partial charge in [0, 0.05) is 50.6 Å². The first-order chi connectivity index (χ1) is 20.4. The lowest BCUT2D eigenvalue weighted by molar-refractivity contribution is -0.114. The predicted octanol–water partition coefficient (Wildman–Crippen LogP) is 3.78. The van der Waals surface area contributed by atoms with Crippen LogP contribution in [0.2, 0.25) is 0 Å². The zero-order valence-corrected chi connectivity index (χ0v) is 22.4. The fourth-order valence-corrected chi connectivity index (χ4v) is 4.94. The van der Waals surface area contributed by atoms with Gasteiger partial charge in [-0.2, -0.15) is 8.78 Å². The first kappa shape index (κ1) is 27.1. The largest absolute Gasteiger partial charge is 0.436 e. The quantitative estimate of drug-likeness (QED) is 0.309. The molecule has 2 aromatic carbocycles. The Kier molecular flexibility index (Phi) is 7.35. The van der Waals surface area contributed by atoms with Gasteiger partial charge in [0.1, 0.15) is 11.2 Å². The van der Waals surface area contributed by atoms with E-state index in [0.29, 0.717) is 59.2 Å². The average molecular weight is 574 g/mol. The number of hydrogen-bond donors (Lipinski definition) is 1. The zero-order chi connectivity index (χ0) is 29.2. The third kappa shape index (κ3) is 5.56. The molecule has 14 heteroatoms. The SMILES string of the molecule is CC(=O)Nc1ccc2oc(-c3ccnc(C(=O)N4CCN([C@H](c5ccccc5)c5nnn(C(F)F)n5)CC4)c3)nc2c1. The average Bonchev–Trinajstić information content (AvgIpc) is 3.66. The number of amides is 2. The third-order valence-electron chi connectivity index (χ3n) is 6.88. The Labute approximate surface area is 238 Å². The normalized spacial score (nSPS) is 14.8. The molecule has 1 aliphatic heterocycles. The van der Waals surface area contributed by atoms with Crippen LogP contribution in [0.5, 0.6) is 0 Å². The molecule has 3 aromatic heterocycles. The number of fused-ring (bicyclic) bond motifs is 1. The van der Waals surface area contributed by atoms with E-state index in [1.54, 1.807) is 35.2 Å². The molecule has 1 aliphatic rings. The van der Waals surface area contributed by atoms with Gasteiger partial charge in [-0.15, -0.1) is 10.2 Å². The molecule has 42 heavy (non-hydrogen) atoms. The number of carbonyl (C=O) groups is 2. The van der Waals surface area contributed by atoms with E-state index in [1.165, 1.54) is 13.1 Å². The van der Waals surface area contributed by atoms with Crippen molar-refractivity contribution in [3.63, 3.8) is 0 Å². The predicted molar refractivity (Wildman–Crippen MR) is 146 cm³/mol. The van der Waals surface area contributed by atoms with Gasteiger partial charge in [0.15, 0.2) is 11.4 Å². The minimum Gasteiger partial charge on any atom is -0.436 e. The summed E-state index contributed by atoms with van der Waals surface area (Å²) in [6.07, 6.45) is 1.53. The molecule has 1 N–H and O–H groups in total. The van der Waals surface area contributed by atoms with Crippen molar-refractivity contribution in [1.29, 1.82) is 0 Å². The Morgan fingerprint density at radius 2 is 1.79 bits per heavy atom. The van der Waals surface area contributed by atoms with E-state index in [0.717, 1.165) is 5.56 Å². The standard InChI is InChI=1S/C28H25F2N9O3/c1-17(40)32-20-7-8-23-21(16-20)33-26(42-23)19-9-10-31-22(15-19)27(41)38-13-11-37(12-14-38)24(18-5-3-2-4-6-18)25-34-36-39(35-25)28(29)30/h2-10,15-16,24,28H,11-14H2,1H3,(H,32,40)/t24-/m1/s1. The molecule has 5 aromatic rings. The summed E-state index contributed by atoms with van der Waals surface area (Å²) >= 11 is 0. The van der Waals surface area contributed by atoms with Crippen molar-refractivity contribution in [2.24, 2.45) is 0 Å². The van der Waals surface area contributed by atoms with Crippen molar-refractivity contribution >= 4 is 28.6 Å². The van der Waals surface area contributed by atoms with E-state index < -0.39 is 12.6 Å². The van der Waals surface area contributed by atoms with Gasteiger partial charge >= 0.3 is 6.55 Å². The maximum atomic E-state index is 13.4. The van der Waals surface area contributed by atoms with Crippen LogP contribution in [-0.4, -0.2) is 78.0 Å². The summed E-state index contributed by atoms with van der Waals surface area (Å²) in [4.78, 5) is 37.6. The fourth-order valence-electron chi connectivity index (χ4n) is 4.94. The van der Waals surface area contributed by atoms with Crippen LogP contribution in [0.1, 0.15) is 41.4 Å². The highest BCUT2D eigenvalue weighted by atomic mass is 19.3. The molecule has 0 bridgehead atoms.